The van der Waals surface area contributed by atoms with Gasteiger partial charge < -0.3 is 35.1 Å². The summed E-state index contributed by atoms with van der Waals surface area (Å²) in [7, 11) is 1.55. The van der Waals surface area contributed by atoms with Crippen molar-refractivity contribution in [2.24, 2.45) is 5.73 Å². The van der Waals surface area contributed by atoms with Crippen LogP contribution in [0.5, 0.6) is 5.75 Å². The first-order valence-corrected chi connectivity index (χ1v) is 12.2. The van der Waals surface area contributed by atoms with Gasteiger partial charge in [0.2, 0.25) is 11.8 Å². The van der Waals surface area contributed by atoms with Gasteiger partial charge in [-0.05, 0) is 72.1 Å². The minimum Gasteiger partial charge on any atom is -0.497 e. The number of benzene rings is 1. The lowest BCUT2D eigenvalue weighted by Crippen LogP contribution is -2.65. The van der Waals surface area contributed by atoms with Crippen LogP contribution in [-0.4, -0.2) is 77.3 Å². The maximum Gasteiger partial charge on any atom is 0.410 e. The number of nitrogens with zero attached hydrogens (tertiary/aromatic N) is 2. The normalized spacial score (nSPS) is 15.4. The Balaban J connectivity index is 2.29. The molecular formula is C26H40N4O7. The molecule has 0 unspecified atom stereocenters. The zero-order valence-corrected chi connectivity index (χ0v) is 22.9. The molecule has 1 fully saturated rings. The van der Waals surface area contributed by atoms with E-state index >= 15 is 0 Å². The summed E-state index contributed by atoms with van der Waals surface area (Å²) in [5.74, 6) is -0.551. The van der Waals surface area contributed by atoms with E-state index in [4.69, 9.17) is 19.9 Å². The molecule has 37 heavy (non-hydrogen) atoms. The second-order valence-electron chi connectivity index (χ2n) is 11.0. The van der Waals surface area contributed by atoms with Crippen LogP contribution < -0.4 is 15.8 Å². The highest BCUT2D eigenvalue weighted by Gasteiger charge is 2.48. The second kappa shape index (κ2) is 11.7. The van der Waals surface area contributed by atoms with E-state index in [0.29, 0.717) is 5.75 Å². The fourth-order valence-electron chi connectivity index (χ4n) is 3.98. The van der Waals surface area contributed by atoms with Gasteiger partial charge in [0.05, 0.1) is 7.11 Å². The van der Waals surface area contributed by atoms with Crippen molar-refractivity contribution in [3.63, 3.8) is 0 Å². The van der Waals surface area contributed by atoms with E-state index in [0.717, 1.165) is 5.56 Å². The molecule has 0 bridgehead atoms. The molecule has 1 saturated heterocycles. The second-order valence-corrected chi connectivity index (χ2v) is 11.0. The molecule has 0 atom stereocenters. The van der Waals surface area contributed by atoms with E-state index in [-0.39, 0.29) is 32.5 Å². The Labute approximate surface area is 218 Å². The van der Waals surface area contributed by atoms with Gasteiger partial charge in [-0.2, -0.15) is 0 Å². The van der Waals surface area contributed by atoms with Crippen LogP contribution in [0.3, 0.4) is 0 Å². The summed E-state index contributed by atoms with van der Waals surface area (Å²) in [6, 6.07) is 7.06. The molecule has 1 aliphatic rings. The van der Waals surface area contributed by atoms with Crippen molar-refractivity contribution in [3.05, 3.63) is 29.8 Å². The van der Waals surface area contributed by atoms with Gasteiger partial charge in [0, 0.05) is 19.6 Å². The number of amides is 4. The number of likely N-dealkylation sites (tertiary alicyclic amines) is 1. The molecule has 4 amide bonds. The highest BCUT2D eigenvalue weighted by molar-refractivity contribution is 5.92. The van der Waals surface area contributed by atoms with Gasteiger partial charge in [0.15, 0.2) is 0 Å². The number of methoxy groups -OCH3 is 1. The Morgan fingerprint density at radius 3 is 1.97 bits per heavy atom. The number of nitrogens with one attached hydrogen (secondary N) is 1. The van der Waals surface area contributed by atoms with Gasteiger partial charge in [-0.15, -0.1) is 0 Å². The van der Waals surface area contributed by atoms with E-state index in [1.54, 1.807) is 72.9 Å². The smallest absolute Gasteiger partial charge is 0.410 e. The topological polar surface area (TPSA) is 140 Å². The van der Waals surface area contributed by atoms with E-state index in [2.05, 4.69) is 5.32 Å². The molecule has 0 saturated carbocycles. The lowest BCUT2D eigenvalue weighted by atomic mass is 9.84. The quantitative estimate of drug-likeness (QED) is 0.563. The molecule has 0 spiro atoms. The molecule has 0 aliphatic carbocycles. The van der Waals surface area contributed by atoms with Crippen LogP contribution in [0.25, 0.3) is 0 Å². The van der Waals surface area contributed by atoms with Gasteiger partial charge in [0.1, 0.15) is 29.0 Å². The highest BCUT2D eigenvalue weighted by atomic mass is 16.6. The molecule has 3 N–H and O–H groups in total. The molecule has 0 radical (unpaired) electrons. The highest BCUT2D eigenvalue weighted by Crippen LogP contribution is 2.32. The van der Waals surface area contributed by atoms with Crippen molar-refractivity contribution in [2.45, 2.75) is 77.7 Å². The lowest BCUT2D eigenvalue weighted by molar-refractivity contribution is -0.150. The van der Waals surface area contributed by atoms with Crippen LogP contribution in [0.1, 0.15) is 59.9 Å². The Bertz CT molecular complexity index is 972. The summed E-state index contributed by atoms with van der Waals surface area (Å²) >= 11 is 0. The zero-order valence-electron chi connectivity index (χ0n) is 22.9. The molecule has 11 heteroatoms. The van der Waals surface area contributed by atoms with E-state index < -0.39 is 47.3 Å². The van der Waals surface area contributed by atoms with Crippen molar-refractivity contribution < 1.29 is 33.4 Å². The molecule has 11 nitrogen and oxygen atoms in total. The number of carbonyl (C=O) groups excluding carboxylic acids is 4. The number of piperidine rings is 1. The van der Waals surface area contributed by atoms with Crippen LogP contribution in [0.15, 0.2) is 24.3 Å². The van der Waals surface area contributed by atoms with E-state index in [1.165, 1.54) is 9.80 Å². The van der Waals surface area contributed by atoms with Crippen molar-refractivity contribution >= 4 is 24.0 Å². The average Bonchev–Trinajstić information content (AvgIpc) is 2.79. The molecule has 1 aliphatic heterocycles. The first-order chi connectivity index (χ1) is 17.1. The van der Waals surface area contributed by atoms with Crippen LogP contribution in [0.2, 0.25) is 0 Å². The van der Waals surface area contributed by atoms with Crippen LogP contribution in [-0.2, 0) is 25.6 Å². The van der Waals surface area contributed by atoms with Gasteiger partial charge in [-0.1, -0.05) is 12.1 Å². The number of ether oxygens (including phenoxy) is 3. The van der Waals surface area contributed by atoms with Crippen molar-refractivity contribution in [1.82, 2.24) is 15.1 Å². The Morgan fingerprint density at radius 2 is 1.51 bits per heavy atom. The number of hydrogen-bond acceptors (Lipinski definition) is 7. The van der Waals surface area contributed by atoms with Crippen molar-refractivity contribution in [2.75, 3.05) is 26.7 Å². The summed E-state index contributed by atoms with van der Waals surface area (Å²) in [6.07, 6.45) is -1.01. The summed E-state index contributed by atoms with van der Waals surface area (Å²) < 4.78 is 15.9. The maximum atomic E-state index is 13.5. The third kappa shape index (κ3) is 8.54. The summed E-state index contributed by atoms with van der Waals surface area (Å²) in [5.41, 5.74) is 3.87. The standard InChI is InChI=1S/C26H40N4O7/c1-24(2,3)36-22(33)28-16-20(31)30(17-18-8-10-19(35-7)11-9-18)26(21(27)32)12-14-29(15-13-26)23(34)37-25(4,5)6/h8-11H,12-17H2,1-7H3,(H2,27,32)(H,28,33). The SMILES string of the molecule is COc1ccc(CN(C(=O)CNC(=O)OC(C)(C)C)C2(C(N)=O)CCN(C(=O)OC(C)(C)C)CC2)cc1. The molecule has 2 rings (SSSR count). The van der Waals surface area contributed by atoms with E-state index in [9.17, 15) is 19.2 Å². The monoisotopic (exact) mass is 520 g/mol. The predicted molar refractivity (Wildman–Crippen MR) is 137 cm³/mol. The minimum absolute atomic E-state index is 0.0637. The Hall–Kier alpha value is -3.50. The lowest BCUT2D eigenvalue weighted by Gasteiger charge is -2.46. The third-order valence-corrected chi connectivity index (χ3v) is 5.80. The number of nitrogens with two attached hydrogens (primary N) is 1. The third-order valence-electron chi connectivity index (χ3n) is 5.80. The summed E-state index contributed by atoms with van der Waals surface area (Å²) in [5, 5.41) is 2.46. The molecule has 1 heterocycles. The first-order valence-electron chi connectivity index (χ1n) is 12.2. The fourth-order valence-corrected chi connectivity index (χ4v) is 3.98. The van der Waals surface area contributed by atoms with Crippen LogP contribution in [0, 0.1) is 0 Å². The maximum absolute atomic E-state index is 13.5. The van der Waals surface area contributed by atoms with Crippen molar-refractivity contribution in [3.8, 4) is 5.75 Å². The minimum atomic E-state index is -1.37. The van der Waals surface area contributed by atoms with Gasteiger partial charge in [-0.25, -0.2) is 9.59 Å². The molecule has 1 aromatic carbocycles. The zero-order chi connectivity index (χ0) is 28.0. The summed E-state index contributed by atoms with van der Waals surface area (Å²) in [6.45, 7) is 10.5. The molecule has 1 aromatic rings. The molecular weight excluding hydrogens is 480 g/mol. The van der Waals surface area contributed by atoms with Crippen LogP contribution >= 0.6 is 0 Å². The van der Waals surface area contributed by atoms with Crippen molar-refractivity contribution in [1.29, 1.82) is 0 Å². The average molecular weight is 521 g/mol. The van der Waals surface area contributed by atoms with Crippen LogP contribution in [0.4, 0.5) is 9.59 Å². The first kappa shape index (κ1) is 29.7. The number of rotatable bonds is 7. The van der Waals surface area contributed by atoms with Gasteiger partial charge in [-0.3, -0.25) is 9.59 Å². The largest absolute Gasteiger partial charge is 0.497 e. The fraction of sp³-hybridized carbons (Fsp3) is 0.615. The number of primary amides is 1. The predicted octanol–water partition coefficient (Wildman–Crippen LogP) is 2.80. The Kier molecular flexibility index (Phi) is 9.40. The molecule has 206 valence electrons. The summed E-state index contributed by atoms with van der Waals surface area (Å²) in [4.78, 5) is 54.0. The van der Waals surface area contributed by atoms with E-state index in [1.807, 2.05) is 0 Å². The van der Waals surface area contributed by atoms with Gasteiger partial charge >= 0.3 is 12.2 Å². The number of alkyl carbamates (subject to hydrolysis) is 1. The number of carbonyl (C=O) groups is 4. The Morgan fingerprint density at radius 1 is 0.973 bits per heavy atom. The number of hydrogen-bond donors (Lipinski definition) is 2. The molecule has 0 aromatic heterocycles. The van der Waals surface area contributed by atoms with Gasteiger partial charge in [0.25, 0.3) is 0 Å².